The smallest absolute Gasteiger partial charge is 0.124 e. The van der Waals surface area contributed by atoms with Crippen LogP contribution in [0.15, 0.2) is 36.4 Å². The Morgan fingerprint density at radius 1 is 1.10 bits per heavy atom. The zero-order valence-electron chi connectivity index (χ0n) is 13.3. The molecule has 1 atom stereocenters. The van der Waals surface area contributed by atoms with E-state index in [9.17, 15) is 0 Å². The third-order valence-electron chi connectivity index (χ3n) is 3.56. The molecule has 0 saturated heterocycles. The van der Waals surface area contributed by atoms with Crippen molar-refractivity contribution in [1.82, 2.24) is 10.3 Å². The molecule has 0 amide bonds. The highest BCUT2D eigenvalue weighted by Crippen LogP contribution is 2.31. The topological polar surface area (TPSA) is 34.1 Å². The van der Waals surface area contributed by atoms with Crippen LogP contribution in [0.4, 0.5) is 0 Å². The Labute approximate surface area is 127 Å². The van der Waals surface area contributed by atoms with Crippen molar-refractivity contribution < 1.29 is 4.74 Å². The van der Waals surface area contributed by atoms with Crippen LogP contribution >= 0.6 is 0 Å². The first-order valence-electron chi connectivity index (χ1n) is 7.50. The van der Waals surface area contributed by atoms with Gasteiger partial charge in [0.15, 0.2) is 0 Å². The minimum absolute atomic E-state index is 0.0890. The monoisotopic (exact) mass is 284 g/mol. The van der Waals surface area contributed by atoms with E-state index in [2.05, 4.69) is 48.4 Å². The molecule has 0 spiro atoms. The molecule has 1 unspecified atom stereocenters. The fourth-order valence-electron chi connectivity index (χ4n) is 2.54. The lowest BCUT2D eigenvalue weighted by atomic mass is 9.96. The van der Waals surface area contributed by atoms with Crippen LogP contribution in [0.1, 0.15) is 41.9 Å². The van der Waals surface area contributed by atoms with Crippen molar-refractivity contribution >= 4 is 0 Å². The van der Waals surface area contributed by atoms with Crippen LogP contribution in [0, 0.1) is 13.8 Å². The van der Waals surface area contributed by atoms with Gasteiger partial charge in [-0.1, -0.05) is 31.2 Å². The van der Waals surface area contributed by atoms with Crippen molar-refractivity contribution in [3.63, 3.8) is 0 Å². The first kappa shape index (κ1) is 15.5. The Kier molecular flexibility index (Phi) is 5.34. The number of ether oxygens (including phenoxy) is 1. The maximum Gasteiger partial charge on any atom is 0.124 e. The third-order valence-corrected chi connectivity index (χ3v) is 3.56. The normalized spacial score (nSPS) is 12.2. The van der Waals surface area contributed by atoms with Crippen molar-refractivity contribution in [2.24, 2.45) is 0 Å². The summed E-state index contributed by atoms with van der Waals surface area (Å²) in [6, 6.07) is 12.5. The highest BCUT2D eigenvalue weighted by Gasteiger charge is 2.18. The van der Waals surface area contributed by atoms with Gasteiger partial charge in [-0.3, -0.25) is 4.98 Å². The number of pyridine rings is 1. The number of nitrogens with zero attached hydrogens (tertiary/aromatic N) is 1. The number of aryl methyl sites for hydroxylation is 2. The molecule has 0 bridgehead atoms. The van der Waals surface area contributed by atoms with Gasteiger partial charge in [-0.2, -0.15) is 0 Å². The molecule has 2 rings (SSSR count). The summed E-state index contributed by atoms with van der Waals surface area (Å²) >= 11 is 0. The molecule has 0 fully saturated rings. The summed E-state index contributed by atoms with van der Waals surface area (Å²) in [4.78, 5) is 4.58. The molecular formula is C18H24N2O. The van der Waals surface area contributed by atoms with E-state index in [1.165, 1.54) is 5.56 Å². The van der Waals surface area contributed by atoms with E-state index in [0.29, 0.717) is 0 Å². The van der Waals surface area contributed by atoms with E-state index >= 15 is 0 Å². The number of para-hydroxylation sites is 1. The van der Waals surface area contributed by atoms with Crippen LogP contribution in [0.5, 0.6) is 5.75 Å². The molecule has 1 aromatic carbocycles. The Bertz CT molecular complexity index is 596. The molecule has 0 saturated carbocycles. The van der Waals surface area contributed by atoms with E-state index in [1.807, 2.05) is 26.1 Å². The maximum atomic E-state index is 5.89. The first-order chi connectivity index (χ1) is 10.2. The Balaban J connectivity index is 2.41. The summed E-state index contributed by atoms with van der Waals surface area (Å²) in [6.07, 6.45) is 1.00. The van der Waals surface area contributed by atoms with Gasteiger partial charge in [-0.15, -0.1) is 0 Å². The molecule has 0 aliphatic rings. The minimum atomic E-state index is 0.0890. The first-order valence-corrected chi connectivity index (χ1v) is 7.50. The second-order valence-electron chi connectivity index (χ2n) is 5.24. The zero-order chi connectivity index (χ0) is 15.2. The number of nitrogens with one attached hydrogen (secondary N) is 1. The number of hydrogen-bond acceptors (Lipinski definition) is 3. The van der Waals surface area contributed by atoms with Gasteiger partial charge in [-0.25, -0.2) is 0 Å². The van der Waals surface area contributed by atoms with Gasteiger partial charge in [-0.05, 0) is 45.0 Å². The molecular weight excluding hydrogens is 260 g/mol. The van der Waals surface area contributed by atoms with E-state index in [4.69, 9.17) is 4.74 Å². The quantitative estimate of drug-likeness (QED) is 0.876. The molecule has 1 N–H and O–H groups in total. The highest BCUT2D eigenvalue weighted by atomic mass is 16.5. The molecule has 1 heterocycles. The SMILES string of the molecule is CCCOc1ccccc1C(NC)c1ccc(C)nc1C. The summed E-state index contributed by atoms with van der Waals surface area (Å²) in [5.41, 5.74) is 4.44. The molecule has 2 aromatic rings. The Hall–Kier alpha value is -1.87. The number of rotatable bonds is 6. The molecule has 3 heteroatoms. The van der Waals surface area contributed by atoms with Crippen LogP contribution in [-0.2, 0) is 0 Å². The number of aromatic nitrogens is 1. The maximum absolute atomic E-state index is 5.89. The summed E-state index contributed by atoms with van der Waals surface area (Å²) in [7, 11) is 1.97. The van der Waals surface area contributed by atoms with E-state index in [1.54, 1.807) is 0 Å². The second kappa shape index (κ2) is 7.23. The van der Waals surface area contributed by atoms with Crippen molar-refractivity contribution in [3.8, 4) is 5.75 Å². The fourth-order valence-corrected chi connectivity index (χ4v) is 2.54. The molecule has 0 radical (unpaired) electrons. The van der Waals surface area contributed by atoms with Crippen molar-refractivity contribution in [1.29, 1.82) is 0 Å². The van der Waals surface area contributed by atoms with E-state index in [-0.39, 0.29) is 6.04 Å². The van der Waals surface area contributed by atoms with Gasteiger partial charge in [0, 0.05) is 17.0 Å². The molecule has 112 valence electrons. The summed E-state index contributed by atoms with van der Waals surface area (Å²) in [5.74, 6) is 0.943. The van der Waals surface area contributed by atoms with Crippen LogP contribution in [0.3, 0.4) is 0 Å². The fraction of sp³-hybridized carbons (Fsp3) is 0.389. The minimum Gasteiger partial charge on any atom is -0.493 e. The van der Waals surface area contributed by atoms with Crippen molar-refractivity contribution in [2.45, 2.75) is 33.2 Å². The third kappa shape index (κ3) is 3.61. The average Bonchev–Trinajstić information content (AvgIpc) is 2.49. The largest absolute Gasteiger partial charge is 0.493 e. The van der Waals surface area contributed by atoms with Crippen molar-refractivity contribution in [2.75, 3.05) is 13.7 Å². The standard InChI is InChI=1S/C18H24N2O/c1-5-12-21-17-9-7-6-8-16(17)18(19-4)15-11-10-13(2)20-14(15)3/h6-11,18-19H,5,12H2,1-4H3. The van der Waals surface area contributed by atoms with Gasteiger partial charge < -0.3 is 10.1 Å². The second-order valence-corrected chi connectivity index (χ2v) is 5.24. The lowest BCUT2D eigenvalue weighted by Gasteiger charge is -2.22. The Morgan fingerprint density at radius 3 is 2.52 bits per heavy atom. The van der Waals surface area contributed by atoms with Crippen molar-refractivity contribution in [3.05, 3.63) is 58.9 Å². The summed E-state index contributed by atoms with van der Waals surface area (Å²) in [5, 5.41) is 3.39. The van der Waals surface area contributed by atoms with Gasteiger partial charge in [0.2, 0.25) is 0 Å². The predicted octanol–water partition coefficient (Wildman–Crippen LogP) is 3.80. The summed E-state index contributed by atoms with van der Waals surface area (Å²) < 4.78 is 5.89. The van der Waals surface area contributed by atoms with Crippen LogP contribution in [0.25, 0.3) is 0 Å². The lowest BCUT2D eigenvalue weighted by Crippen LogP contribution is -2.20. The number of hydrogen-bond donors (Lipinski definition) is 1. The molecule has 0 aliphatic carbocycles. The summed E-state index contributed by atoms with van der Waals surface area (Å²) in [6.45, 7) is 6.93. The highest BCUT2D eigenvalue weighted by molar-refractivity contribution is 5.42. The number of benzene rings is 1. The van der Waals surface area contributed by atoms with Gasteiger partial charge in [0.05, 0.1) is 12.6 Å². The van der Waals surface area contributed by atoms with Gasteiger partial charge in [0.1, 0.15) is 5.75 Å². The molecule has 21 heavy (non-hydrogen) atoms. The van der Waals surface area contributed by atoms with Crippen LogP contribution in [0.2, 0.25) is 0 Å². The Morgan fingerprint density at radius 2 is 1.86 bits per heavy atom. The zero-order valence-corrected chi connectivity index (χ0v) is 13.3. The van der Waals surface area contributed by atoms with E-state index in [0.717, 1.165) is 35.7 Å². The molecule has 0 aliphatic heterocycles. The van der Waals surface area contributed by atoms with Crippen LogP contribution in [-0.4, -0.2) is 18.6 Å². The average molecular weight is 284 g/mol. The molecule has 1 aromatic heterocycles. The van der Waals surface area contributed by atoms with Gasteiger partial charge >= 0.3 is 0 Å². The predicted molar refractivity (Wildman–Crippen MR) is 86.8 cm³/mol. The van der Waals surface area contributed by atoms with E-state index < -0.39 is 0 Å². The van der Waals surface area contributed by atoms with Gasteiger partial charge in [0.25, 0.3) is 0 Å². The lowest BCUT2D eigenvalue weighted by molar-refractivity contribution is 0.312. The van der Waals surface area contributed by atoms with Crippen LogP contribution < -0.4 is 10.1 Å². The molecule has 3 nitrogen and oxygen atoms in total.